The number of likely N-dealkylation sites (tertiary alicyclic amines) is 1. The summed E-state index contributed by atoms with van der Waals surface area (Å²) in [4.78, 5) is 25.3. The third-order valence-electron chi connectivity index (χ3n) is 4.72. The first-order valence-corrected chi connectivity index (χ1v) is 9.60. The maximum Gasteiger partial charge on any atom is 0.308 e. The molecule has 0 bridgehead atoms. The molecule has 0 spiro atoms. The highest BCUT2D eigenvalue weighted by molar-refractivity contribution is 7.89. The summed E-state index contributed by atoms with van der Waals surface area (Å²) in [7, 11) is -2.09. The van der Waals surface area contributed by atoms with Gasteiger partial charge in [0.05, 0.1) is 10.8 Å². The number of rotatable bonds is 5. The predicted octanol–water partition coefficient (Wildman–Crippen LogP) is 1.51. The molecule has 0 aromatic heterocycles. The minimum absolute atomic E-state index is 0.110. The van der Waals surface area contributed by atoms with Crippen molar-refractivity contribution in [2.24, 2.45) is 11.8 Å². The van der Waals surface area contributed by atoms with Crippen molar-refractivity contribution in [1.29, 1.82) is 0 Å². The van der Waals surface area contributed by atoms with Crippen LogP contribution in [0.2, 0.25) is 0 Å². The Morgan fingerprint density at radius 2 is 1.76 bits per heavy atom. The standard InChI is InChI=1S/C17H24N2O5S/c1-11(2)18(4)25(23,24)14-7-5-13(6-8-14)16(20)19-9-12(3)15(10-19)17(21)22/h5-8,11-12,15H,9-10H2,1-4H3,(H,21,22)/t12-,15-/m1/s1. The molecule has 1 N–H and O–H groups in total. The Kier molecular flexibility index (Phi) is 5.53. The number of nitrogens with zero attached hydrogens (tertiary/aromatic N) is 2. The fourth-order valence-electron chi connectivity index (χ4n) is 2.85. The predicted molar refractivity (Wildman–Crippen MR) is 92.7 cm³/mol. The molecule has 1 heterocycles. The monoisotopic (exact) mass is 368 g/mol. The number of amides is 1. The maximum absolute atomic E-state index is 12.5. The smallest absolute Gasteiger partial charge is 0.308 e. The lowest BCUT2D eigenvalue weighted by molar-refractivity contribution is -0.142. The van der Waals surface area contributed by atoms with Crippen molar-refractivity contribution in [3.63, 3.8) is 0 Å². The van der Waals surface area contributed by atoms with E-state index >= 15 is 0 Å². The van der Waals surface area contributed by atoms with Crippen molar-refractivity contribution in [3.05, 3.63) is 29.8 Å². The number of carboxylic acids is 1. The summed E-state index contributed by atoms with van der Waals surface area (Å²) in [6.45, 7) is 5.92. The molecular formula is C17H24N2O5S. The Balaban J connectivity index is 2.18. The molecule has 25 heavy (non-hydrogen) atoms. The molecule has 0 saturated carbocycles. The maximum atomic E-state index is 12.5. The van der Waals surface area contributed by atoms with Crippen molar-refractivity contribution in [2.45, 2.75) is 31.7 Å². The minimum Gasteiger partial charge on any atom is -0.481 e. The molecule has 0 aliphatic carbocycles. The van der Waals surface area contributed by atoms with Crippen molar-refractivity contribution < 1.29 is 23.1 Å². The fourth-order valence-corrected chi connectivity index (χ4v) is 4.22. The van der Waals surface area contributed by atoms with Crippen LogP contribution in [0.1, 0.15) is 31.1 Å². The van der Waals surface area contributed by atoms with Crippen LogP contribution in [0.5, 0.6) is 0 Å². The number of sulfonamides is 1. The molecule has 0 unspecified atom stereocenters. The number of hydrogen-bond acceptors (Lipinski definition) is 4. The van der Waals surface area contributed by atoms with E-state index in [4.69, 9.17) is 5.11 Å². The third-order valence-corrected chi connectivity index (χ3v) is 6.77. The second-order valence-corrected chi connectivity index (χ2v) is 8.77. The molecular weight excluding hydrogens is 344 g/mol. The van der Waals surface area contributed by atoms with Gasteiger partial charge in [-0.25, -0.2) is 8.42 Å². The summed E-state index contributed by atoms with van der Waals surface area (Å²) in [5.74, 6) is -1.86. The van der Waals surface area contributed by atoms with Gasteiger partial charge in [0.1, 0.15) is 0 Å². The third kappa shape index (κ3) is 3.85. The lowest BCUT2D eigenvalue weighted by Crippen LogP contribution is -2.33. The van der Waals surface area contributed by atoms with Crippen molar-refractivity contribution in [2.75, 3.05) is 20.1 Å². The van der Waals surface area contributed by atoms with Gasteiger partial charge in [-0.05, 0) is 44.0 Å². The van der Waals surface area contributed by atoms with Crippen LogP contribution in [0.15, 0.2) is 29.2 Å². The van der Waals surface area contributed by atoms with E-state index in [1.54, 1.807) is 13.8 Å². The van der Waals surface area contributed by atoms with Crippen LogP contribution >= 0.6 is 0 Å². The second-order valence-electron chi connectivity index (χ2n) is 6.77. The molecule has 7 nitrogen and oxygen atoms in total. The molecule has 8 heteroatoms. The van der Waals surface area contributed by atoms with Crippen LogP contribution in [-0.2, 0) is 14.8 Å². The van der Waals surface area contributed by atoms with Gasteiger partial charge in [-0.1, -0.05) is 6.92 Å². The van der Waals surface area contributed by atoms with E-state index in [0.29, 0.717) is 12.1 Å². The highest BCUT2D eigenvalue weighted by Crippen LogP contribution is 2.25. The van der Waals surface area contributed by atoms with Gasteiger partial charge in [-0.3, -0.25) is 9.59 Å². The number of carbonyl (C=O) groups is 2. The van der Waals surface area contributed by atoms with Crippen LogP contribution in [0.3, 0.4) is 0 Å². The Hall–Kier alpha value is -1.93. The van der Waals surface area contributed by atoms with E-state index in [1.807, 2.05) is 6.92 Å². The van der Waals surface area contributed by atoms with Gasteiger partial charge in [0.2, 0.25) is 10.0 Å². The molecule has 1 aliphatic heterocycles. The Labute approximate surface area is 148 Å². The summed E-state index contributed by atoms with van der Waals surface area (Å²) in [6.07, 6.45) is 0. The van der Waals surface area contributed by atoms with E-state index in [2.05, 4.69) is 0 Å². The van der Waals surface area contributed by atoms with Gasteiger partial charge in [0.15, 0.2) is 0 Å². The van der Waals surface area contributed by atoms with E-state index in [9.17, 15) is 18.0 Å². The number of hydrogen-bond donors (Lipinski definition) is 1. The van der Waals surface area contributed by atoms with Crippen LogP contribution in [0.25, 0.3) is 0 Å². The first kappa shape index (κ1) is 19.4. The zero-order valence-electron chi connectivity index (χ0n) is 14.8. The van der Waals surface area contributed by atoms with Gasteiger partial charge in [-0.15, -0.1) is 0 Å². The van der Waals surface area contributed by atoms with E-state index < -0.39 is 21.9 Å². The first-order chi connectivity index (χ1) is 11.6. The highest BCUT2D eigenvalue weighted by atomic mass is 32.2. The van der Waals surface area contributed by atoms with Gasteiger partial charge in [0.25, 0.3) is 5.91 Å². The van der Waals surface area contributed by atoms with Gasteiger partial charge < -0.3 is 10.0 Å². The number of aliphatic carboxylic acids is 1. The molecule has 2 rings (SSSR count). The fraction of sp³-hybridized carbons (Fsp3) is 0.529. The second kappa shape index (κ2) is 7.13. The van der Waals surface area contributed by atoms with Gasteiger partial charge in [-0.2, -0.15) is 4.31 Å². The van der Waals surface area contributed by atoms with Crippen LogP contribution < -0.4 is 0 Å². The zero-order chi connectivity index (χ0) is 18.9. The van der Waals surface area contributed by atoms with Gasteiger partial charge in [0, 0.05) is 31.7 Å². The molecule has 1 aliphatic rings. The zero-order valence-corrected chi connectivity index (χ0v) is 15.7. The quantitative estimate of drug-likeness (QED) is 0.850. The SMILES string of the molecule is CC(C)N(C)S(=O)(=O)c1ccc(C(=O)N2C[C@@H](C)[C@H](C(=O)O)C2)cc1. The minimum atomic E-state index is -3.60. The average molecular weight is 368 g/mol. The molecule has 2 atom stereocenters. The van der Waals surface area contributed by atoms with Crippen LogP contribution in [0.4, 0.5) is 0 Å². The lowest BCUT2D eigenvalue weighted by atomic mass is 9.99. The summed E-state index contributed by atoms with van der Waals surface area (Å²) in [5, 5.41) is 9.17. The Morgan fingerprint density at radius 1 is 1.20 bits per heavy atom. The Morgan fingerprint density at radius 3 is 2.20 bits per heavy atom. The van der Waals surface area contributed by atoms with Gasteiger partial charge >= 0.3 is 5.97 Å². The normalized spacial score (nSPS) is 21.1. The van der Waals surface area contributed by atoms with Crippen molar-refractivity contribution in [3.8, 4) is 0 Å². The molecule has 1 aromatic rings. The Bertz CT molecular complexity index is 758. The topological polar surface area (TPSA) is 95.0 Å². The molecule has 1 aromatic carbocycles. The molecule has 1 saturated heterocycles. The highest BCUT2D eigenvalue weighted by Gasteiger charge is 2.37. The van der Waals surface area contributed by atoms with Crippen molar-refractivity contribution in [1.82, 2.24) is 9.21 Å². The van der Waals surface area contributed by atoms with E-state index in [0.717, 1.165) is 0 Å². The number of carbonyl (C=O) groups excluding carboxylic acids is 1. The summed E-state index contributed by atoms with van der Waals surface area (Å²) in [5.41, 5.74) is 0.351. The van der Waals surface area contributed by atoms with Crippen LogP contribution in [0, 0.1) is 11.8 Å². The first-order valence-electron chi connectivity index (χ1n) is 8.16. The number of carboxylic acid groups (broad SMARTS) is 1. The lowest BCUT2D eigenvalue weighted by Gasteiger charge is -2.21. The van der Waals surface area contributed by atoms with E-state index in [-0.39, 0.29) is 29.3 Å². The molecule has 1 fully saturated rings. The number of benzene rings is 1. The molecule has 138 valence electrons. The summed E-state index contributed by atoms with van der Waals surface area (Å²) < 4.78 is 26.1. The summed E-state index contributed by atoms with van der Waals surface area (Å²) in [6, 6.07) is 5.60. The van der Waals surface area contributed by atoms with E-state index in [1.165, 1.54) is 40.5 Å². The molecule has 0 radical (unpaired) electrons. The van der Waals surface area contributed by atoms with Crippen molar-refractivity contribution >= 4 is 21.9 Å². The van der Waals surface area contributed by atoms with Crippen LogP contribution in [-0.4, -0.2) is 60.8 Å². The molecule has 1 amide bonds. The average Bonchev–Trinajstić information content (AvgIpc) is 2.95. The largest absolute Gasteiger partial charge is 0.481 e. The summed E-state index contributed by atoms with van der Waals surface area (Å²) >= 11 is 0.